The van der Waals surface area contributed by atoms with Crippen LogP contribution in [0.15, 0.2) is 24.4 Å². The zero-order valence-corrected chi connectivity index (χ0v) is 17.1. The van der Waals surface area contributed by atoms with Crippen LogP contribution in [0.2, 0.25) is 0 Å². The van der Waals surface area contributed by atoms with Gasteiger partial charge in [-0.05, 0) is 31.7 Å². The number of esters is 1. The first-order chi connectivity index (χ1) is 14.2. The van der Waals surface area contributed by atoms with Crippen molar-refractivity contribution >= 4 is 17.7 Å². The summed E-state index contributed by atoms with van der Waals surface area (Å²) in [5.74, 6) is -0.607. The summed E-state index contributed by atoms with van der Waals surface area (Å²) in [5.41, 5.74) is 0.895. The maximum Gasteiger partial charge on any atom is 0.387 e. The van der Waals surface area contributed by atoms with Crippen molar-refractivity contribution in [2.24, 2.45) is 7.05 Å². The van der Waals surface area contributed by atoms with Gasteiger partial charge in [0.2, 0.25) is 5.91 Å². The third-order valence-corrected chi connectivity index (χ3v) is 4.00. The normalized spacial score (nSPS) is 10.9. The molecule has 2 rings (SSSR count). The first kappa shape index (κ1) is 23.1. The molecular weight excluding hydrogens is 402 g/mol. The summed E-state index contributed by atoms with van der Waals surface area (Å²) in [4.78, 5) is 26.1. The van der Waals surface area contributed by atoms with Crippen molar-refractivity contribution in [2.45, 2.75) is 20.1 Å². The van der Waals surface area contributed by atoms with Crippen molar-refractivity contribution in [1.29, 1.82) is 0 Å². The Kier molecular flexibility index (Phi) is 8.10. The molecule has 0 bridgehead atoms. The van der Waals surface area contributed by atoms with Crippen LogP contribution >= 0.6 is 0 Å². The SMILES string of the molecule is CCOC(=O)c1cnn(C)c1NC(=O)CN(C)Cc1ccc(OC(F)F)c(OC)c1. The van der Waals surface area contributed by atoms with Gasteiger partial charge >= 0.3 is 12.6 Å². The fourth-order valence-electron chi connectivity index (χ4n) is 2.73. The van der Waals surface area contributed by atoms with Crippen LogP contribution in [-0.4, -0.2) is 60.5 Å². The molecule has 0 unspecified atom stereocenters. The Morgan fingerprint density at radius 3 is 2.67 bits per heavy atom. The molecule has 30 heavy (non-hydrogen) atoms. The van der Waals surface area contributed by atoms with Gasteiger partial charge in [0, 0.05) is 13.6 Å². The molecule has 0 fully saturated rings. The predicted molar refractivity (Wildman–Crippen MR) is 104 cm³/mol. The highest BCUT2D eigenvalue weighted by Gasteiger charge is 2.20. The Morgan fingerprint density at radius 1 is 1.30 bits per heavy atom. The van der Waals surface area contributed by atoms with Crippen molar-refractivity contribution in [2.75, 3.05) is 32.6 Å². The quantitative estimate of drug-likeness (QED) is 0.583. The Morgan fingerprint density at radius 2 is 2.03 bits per heavy atom. The van der Waals surface area contributed by atoms with E-state index in [2.05, 4.69) is 15.2 Å². The van der Waals surface area contributed by atoms with Crippen LogP contribution in [0.5, 0.6) is 11.5 Å². The van der Waals surface area contributed by atoms with E-state index in [1.807, 2.05) is 0 Å². The number of ether oxygens (including phenoxy) is 3. The number of nitrogens with zero attached hydrogens (tertiary/aromatic N) is 3. The molecule has 2 aromatic rings. The van der Waals surface area contributed by atoms with Crippen LogP contribution in [0, 0.1) is 0 Å². The van der Waals surface area contributed by atoms with Crippen LogP contribution in [0.4, 0.5) is 14.6 Å². The fraction of sp³-hybridized carbons (Fsp3) is 0.421. The van der Waals surface area contributed by atoms with Crippen LogP contribution in [-0.2, 0) is 23.1 Å². The van der Waals surface area contributed by atoms with E-state index in [9.17, 15) is 18.4 Å². The second-order valence-corrected chi connectivity index (χ2v) is 6.34. The molecule has 1 N–H and O–H groups in total. The summed E-state index contributed by atoms with van der Waals surface area (Å²) in [7, 11) is 4.66. The summed E-state index contributed by atoms with van der Waals surface area (Å²) in [6, 6.07) is 4.55. The number of likely N-dealkylation sites (N-methyl/N-ethyl adjacent to an activating group) is 1. The zero-order chi connectivity index (χ0) is 22.3. The van der Waals surface area contributed by atoms with Gasteiger partial charge in [0.25, 0.3) is 0 Å². The van der Waals surface area contributed by atoms with Gasteiger partial charge < -0.3 is 19.5 Å². The van der Waals surface area contributed by atoms with Crippen LogP contribution in [0.25, 0.3) is 0 Å². The van der Waals surface area contributed by atoms with Gasteiger partial charge in [-0.25, -0.2) is 4.79 Å². The molecule has 0 aliphatic rings. The van der Waals surface area contributed by atoms with E-state index >= 15 is 0 Å². The largest absolute Gasteiger partial charge is 0.493 e. The van der Waals surface area contributed by atoms with E-state index in [0.29, 0.717) is 6.54 Å². The molecule has 1 aromatic heterocycles. The minimum absolute atomic E-state index is 0.00501. The van der Waals surface area contributed by atoms with Gasteiger partial charge in [0.05, 0.1) is 26.5 Å². The molecule has 0 aliphatic heterocycles. The van der Waals surface area contributed by atoms with E-state index < -0.39 is 12.6 Å². The van der Waals surface area contributed by atoms with Crippen molar-refractivity contribution in [1.82, 2.24) is 14.7 Å². The molecular formula is C19H24F2N4O5. The third kappa shape index (κ3) is 6.14. The van der Waals surface area contributed by atoms with Gasteiger partial charge in [-0.2, -0.15) is 13.9 Å². The lowest BCUT2D eigenvalue weighted by atomic mass is 10.2. The Labute approximate surface area is 172 Å². The number of amides is 1. The number of carbonyl (C=O) groups is 2. The molecule has 0 radical (unpaired) electrons. The van der Waals surface area contributed by atoms with Crippen molar-refractivity contribution < 1.29 is 32.6 Å². The third-order valence-electron chi connectivity index (χ3n) is 4.00. The molecule has 0 spiro atoms. The number of aromatic nitrogens is 2. The van der Waals surface area contributed by atoms with E-state index in [4.69, 9.17) is 9.47 Å². The number of hydrogen-bond donors (Lipinski definition) is 1. The molecule has 0 aliphatic carbocycles. The monoisotopic (exact) mass is 426 g/mol. The van der Waals surface area contributed by atoms with Gasteiger partial charge in [0.15, 0.2) is 11.5 Å². The fourth-order valence-corrected chi connectivity index (χ4v) is 2.73. The lowest BCUT2D eigenvalue weighted by Gasteiger charge is -2.18. The van der Waals surface area contributed by atoms with Gasteiger partial charge in [-0.3, -0.25) is 14.4 Å². The zero-order valence-electron chi connectivity index (χ0n) is 17.1. The predicted octanol–water partition coefficient (Wildman–Crippen LogP) is 2.28. The standard InChI is InChI=1S/C19H24F2N4O5/c1-5-29-18(27)13-9-22-25(3)17(13)23-16(26)11-24(2)10-12-6-7-14(30-19(20)21)15(8-12)28-4/h6-9,19H,5,10-11H2,1-4H3,(H,23,26). The van der Waals surface area contributed by atoms with Crippen LogP contribution < -0.4 is 14.8 Å². The smallest absolute Gasteiger partial charge is 0.387 e. The number of halogens is 2. The number of nitrogens with one attached hydrogen (secondary N) is 1. The summed E-state index contributed by atoms with van der Waals surface area (Å²) < 4.78 is 40.7. The molecule has 1 aromatic carbocycles. The van der Waals surface area contributed by atoms with Gasteiger partial charge in [-0.1, -0.05) is 6.07 Å². The second kappa shape index (κ2) is 10.5. The highest BCUT2D eigenvalue weighted by atomic mass is 19.3. The minimum atomic E-state index is -2.96. The molecule has 9 nitrogen and oxygen atoms in total. The molecule has 1 heterocycles. The van der Waals surface area contributed by atoms with E-state index in [0.717, 1.165) is 5.56 Å². The first-order valence-electron chi connectivity index (χ1n) is 9.04. The van der Waals surface area contributed by atoms with Crippen molar-refractivity contribution in [3.63, 3.8) is 0 Å². The number of aryl methyl sites for hydroxylation is 1. The van der Waals surface area contributed by atoms with Gasteiger partial charge in [0.1, 0.15) is 11.4 Å². The summed E-state index contributed by atoms with van der Waals surface area (Å²) in [6.07, 6.45) is 1.33. The van der Waals surface area contributed by atoms with Crippen LogP contribution in [0.3, 0.4) is 0 Å². The lowest BCUT2D eigenvalue weighted by Crippen LogP contribution is -2.31. The summed E-state index contributed by atoms with van der Waals surface area (Å²) in [5, 5.41) is 6.64. The highest BCUT2D eigenvalue weighted by Crippen LogP contribution is 2.29. The number of anilines is 1. The minimum Gasteiger partial charge on any atom is -0.493 e. The molecule has 164 valence electrons. The molecule has 1 amide bonds. The molecule has 0 atom stereocenters. The number of hydrogen-bond acceptors (Lipinski definition) is 7. The Bertz CT molecular complexity index is 888. The lowest BCUT2D eigenvalue weighted by molar-refractivity contribution is -0.117. The average Bonchev–Trinajstić information content (AvgIpc) is 3.03. The summed E-state index contributed by atoms with van der Waals surface area (Å²) >= 11 is 0. The number of carbonyl (C=O) groups excluding carboxylic acids is 2. The molecule has 0 saturated heterocycles. The second-order valence-electron chi connectivity index (χ2n) is 6.34. The number of alkyl halides is 2. The van der Waals surface area contributed by atoms with E-state index in [-0.39, 0.29) is 41.9 Å². The maximum absolute atomic E-state index is 12.4. The average molecular weight is 426 g/mol. The van der Waals surface area contributed by atoms with Crippen molar-refractivity contribution in [3.05, 3.63) is 35.5 Å². The van der Waals surface area contributed by atoms with E-state index in [1.165, 1.54) is 24.1 Å². The van der Waals surface area contributed by atoms with Crippen molar-refractivity contribution in [3.8, 4) is 11.5 Å². The number of methoxy groups -OCH3 is 1. The summed E-state index contributed by atoms with van der Waals surface area (Å²) in [6.45, 7) is -0.723. The number of rotatable bonds is 10. The Balaban J connectivity index is 2.00. The maximum atomic E-state index is 12.4. The molecule has 11 heteroatoms. The highest BCUT2D eigenvalue weighted by molar-refractivity contribution is 6.00. The first-order valence-corrected chi connectivity index (χ1v) is 9.04. The van der Waals surface area contributed by atoms with E-state index in [1.54, 1.807) is 38.1 Å². The number of benzene rings is 1. The Hall–Kier alpha value is -3.21. The van der Waals surface area contributed by atoms with Gasteiger partial charge in [-0.15, -0.1) is 0 Å². The molecule has 0 saturated carbocycles. The topological polar surface area (TPSA) is 94.9 Å². The van der Waals surface area contributed by atoms with Crippen LogP contribution in [0.1, 0.15) is 22.8 Å².